The number of halogens is 3. The maximum atomic E-state index is 2.44. The summed E-state index contributed by atoms with van der Waals surface area (Å²) >= 11 is 2.35. The summed E-state index contributed by atoms with van der Waals surface area (Å²) in [5, 5.41) is 3.36. The fraction of sp³-hybridized carbons (Fsp3) is 0.444. The number of benzene rings is 1. The summed E-state index contributed by atoms with van der Waals surface area (Å²) in [4.78, 5) is 0. The molecule has 1 aromatic carbocycles. The Morgan fingerprint density at radius 2 is 1.65 bits per heavy atom. The molecule has 0 amide bonds. The van der Waals surface area contributed by atoms with E-state index in [2.05, 4.69) is 71.5 Å². The van der Waals surface area contributed by atoms with E-state index in [1.807, 2.05) is 0 Å². The molecule has 0 aliphatic heterocycles. The second-order valence-electron chi connectivity index (χ2n) is 5.89. The molecule has 0 heterocycles. The van der Waals surface area contributed by atoms with Gasteiger partial charge in [-0.3, -0.25) is 0 Å². The number of unbranched alkanes of at least 4 members (excludes halogenated alkanes) is 2. The summed E-state index contributed by atoms with van der Waals surface area (Å²) in [6.07, 6.45) is 5.36. The van der Waals surface area contributed by atoms with Gasteiger partial charge >= 0.3 is 138 Å². The minimum Gasteiger partial charge on any atom is -1.00 e. The van der Waals surface area contributed by atoms with Crippen molar-refractivity contribution in [3.8, 4) is 0 Å². The monoisotopic (exact) mass is 422 g/mol. The molecule has 0 saturated heterocycles. The van der Waals surface area contributed by atoms with Crippen LogP contribution in [0.3, 0.4) is 0 Å². The average molecular weight is 424 g/mol. The number of hydrogen-bond donors (Lipinski definition) is 0. The molecule has 1 unspecified atom stereocenters. The first kappa shape index (κ1) is 25.7. The SMILES string of the molecule is CCCCCC1=C(C)[C]([Ti+3])=C([SiH2]c2ccccc2)C1C.[Cl-].[Cl-].[Cl-]. The van der Waals surface area contributed by atoms with Gasteiger partial charge in [-0.1, -0.05) is 0 Å². The van der Waals surface area contributed by atoms with Crippen LogP contribution in [0.4, 0.5) is 0 Å². The van der Waals surface area contributed by atoms with Gasteiger partial charge in [0.1, 0.15) is 0 Å². The summed E-state index contributed by atoms with van der Waals surface area (Å²) in [6.45, 7) is 7.07. The van der Waals surface area contributed by atoms with Crippen molar-refractivity contribution in [2.24, 2.45) is 5.92 Å². The topological polar surface area (TPSA) is 0 Å². The van der Waals surface area contributed by atoms with E-state index >= 15 is 0 Å². The molecular formula is C18H25Cl3SiTi. The van der Waals surface area contributed by atoms with Crippen LogP contribution in [0.25, 0.3) is 0 Å². The summed E-state index contributed by atoms with van der Waals surface area (Å²) in [6, 6.07) is 11.1. The summed E-state index contributed by atoms with van der Waals surface area (Å²) < 4.78 is 1.61. The third-order valence-electron chi connectivity index (χ3n) is 4.51. The van der Waals surface area contributed by atoms with Crippen molar-refractivity contribution in [2.75, 3.05) is 0 Å². The molecule has 0 nitrogen and oxygen atoms in total. The Bertz CT molecular complexity index is 526. The molecule has 0 fully saturated rings. The van der Waals surface area contributed by atoms with Crippen LogP contribution in [0.1, 0.15) is 46.5 Å². The van der Waals surface area contributed by atoms with Crippen LogP contribution >= 0.6 is 0 Å². The predicted molar refractivity (Wildman–Crippen MR) is 87.7 cm³/mol. The largest absolute Gasteiger partial charge is 1.00 e. The van der Waals surface area contributed by atoms with Gasteiger partial charge in [0.15, 0.2) is 0 Å². The minimum atomic E-state index is -0.284. The van der Waals surface area contributed by atoms with Crippen molar-refractivity contribution >= 4 is 14.7 Å². The molecule has 1 atom stereocenters. The molecule has 1 aromatic rings. The minimum absolute atomic E-state index is 0. The quantitative estimate of drug-likeness (QED) is 0.317. The van der Waals surface area contributed by atoms with Crippen molar-refractivity contribution < 1.29 is 57.7 Å². The van der Waals surface area contributed by atoms with E-state index in [1.54, 1.807) is 25.4 Å². The van der Waals surface area contributed by atoms with Crippen molar-refractivity contribution in [3.05, 3.63) is 50.6 Å². The van der Waals surface area contributed by atoms with Crippen molar-refractivity contribution in [2.45, 2.75) is 46.5 Å². The summed E-state index contributed by atoms with van der Waals surface area (Å²) in [5.74, 6) is 0.707. The second-order valence-corrected chi connectivity index (χ2v) is 8.60. The fourth-order valence-corrected chi connectivity index (χ4v) is 6.12. The van der Waals surface area contributed by atoms with Crippen LogP contribution < -0.4 is 42.4 Å². The van der Waals surface area contributed by atoms with Crippen molar-refractivity contribution in [1.29, 1.82) is 0 Å². The van der Waals surface area contributed by atoms with Crippen LogP contribution in [0, 0.1) is 5.92 Å². The molecule has 0 radical (unpaired) electrons. The average Bonchev–Trinajstić information content (AvgIpc) is 2.66. The molecule has 126 valence electrons. The smallest absolute Gasteiger partial charge is 1.00 e. The molecule has 1 aliphatic rings. The molecule has 0 N–H and O–H groups in total. The predicted octanol–water partition coefficient (Wildman–Crippen LogP) is -5.20. The van der Waals surface area contributed by atoms with Gasteiger partial charge in [-0.05, 0) is 0 Å². The first-order valence-corrected chi connectivity index (χ1v) is 10.0. The molecule has 0 saturated carbocycles. The van der Waals surface area contributed by atoms with Gasteiger partial charge < -0.3 is 37.2 Å². The summed E-state index contributed by atoms with van der Waals surface area (Å²) in [5.41, 5.74) is 3.33. The molecule has 5 heteroatoms. The fourth-order valence-electron chi connectivity index (χ4n) is 3.18. The van der Waals surface area contributed by atoms with Gasteiger partial charge in [-0.25, -0.2) is 0 Å². The van der Waals surface area contributed by atoms with Crippen LogP contribution in [0.5, 0.6) is 0 Å². The zero-order valence-corrected chi connectivity index (χ0v) is 19.4. The first-order chi connectivity index (χ1) is 9.65. The van der Waals surface area contributed by atoms with Crippen LogP contribution in [-0.4, -0.2) is 9.52 Å². The van der Waals surface area contributed by atoms with Crippen LogP contribution in [0.2, 0.25) is 0 Å². The standard InChI is InChI=1S/C18H25Si.3ClH.Ti/c1-4-5-7-12-17-14(2)13-18(15(17)3)19-16-10-8-6-9-11-16;;;;/h6,8-11,15H,4-5,7,12,19H2,1-3H3;3*1H;/q;;;;+3/p-3. The number of rotatable bonds is 6. The van der Waals surface area contributed by atoms with E-state index in [0.717, 1.165) is 0 Å². The van der Waals surface area contributed by atoms with Gasteiger partial charge in [0.2, 0.25) is 0 Å². The van der Waals surface area contributed by atoms with E-state index < -0.39 is 0 Å². The number of allylic oxidation sites excluding steroid dienone is 4. The normalized spacial score (nSPS) is 17.2. The van der Waals surface area contributed by atoms with Gasteiger partial charge in [-0.2, -0.15) is 0 Å². The number of hydrogen-bond acceptors (Lipinski definition) is 0. The van der Waals surface area contributed by atoms with Gasteiger partial charge in [0.25, 0.3) is 0 Å². The third-order valence-corrected chi connectivity index (χ3v) is 8.38. The van der Waals surface area contributed by atoms with E-state index in [-0.39, 0.29) is 46.7 Å². The zero-order chi connectivity index (χ0) is 14.5. The Hall–Kier alpha value is 0.501. The van der Waals surface area contributed by atoms with Gasteiger partial charge in [0.05, 0.1) is 0 Å². The van der Waals surface area contributed by atoms with E-state index in [1.165, 1.54) is 25.7 Å². The Morgan fingerprint density at radius 3 is 2.22 bits per heavy atom. The summed E-state index contributed by atoms with van der Waals surface area (Å²) in [7, 11) is -0.284. The van der Waals surface area contributed by atoms with Gasteiger partial charge in [0, 0.05) is 0 Å². The molecule has 0 bridgehead atoms. The second kappa shape index (κ2) is 12.8. The Kier molecular flexibility index (Phi) is 14.3. The Balaban J connectivity index is 0. The first-order valence-electron chi connectivity index (χ1n) is 7.83. The molecule has 2 rings (SSSR count). The van der Waals surface area contributed by atoms with Crippen LogP contribution in [0.15, 0.2) is 50.6 Å². The van der Waals surface area contributed by atoms with Crippen molar-refractivity contribution in [1.82, 2.24) is 0 Å². The van der Waals surface area contributed by atoms with Crippen molar-refractivity contribution in [3.63, 3.8) is 0 Å². The maximum absolute atomic E-state index is 2.44. The maximum Gasteiger partial charge on any atom is -1.00 e. The Morgan fingerprint density at radius 1 is 1.04 bits per heavy atom. The molecule has 0 aromatic heterocycles. The molecule has 1 aliphatic carbocycles. The molecule has 0 spiro atoms. The zero-order valence-electron chi connectivity index (χ0n) is 14.1. The van der Waals surface area contributed by atoms with E-state index in [0.29, 0.717) is 5.92 Å². The van der Waals surface area contributed by atoms with E-state index in [4.69, 9.17) is 0 Å². The molecular weight excluding hydrogens is 399 g/mol. The molecule has 23 heavy (non-hydrogen) atoms. The van der Waals surface area contributed by atoms with Gasteiger partial charge in [-0.15, -0.1) is 0 Å². The third kappa shape index (κ3) is 6.72. The van der Waals surface area contributed by atoms with Crippen LogP contribution in [-0.2, 0) is 20.4 Å². The Labute approximate surface area is 174 Å². The van der Waals surface area contributed by atoms with E-state index in [9.17, 15) is 0 Å².